The summed E-state index contributed by atoms with van der Waals surface area (Å²) in [5.41, 5.74) is 0.491. The first-order valence-electron chi connectivity index (χ1n) is 4.85. The Morgan fingerprint density at radius 2 is 2.06 bits per heavy atom. The minimum atomic E-state index is -0.925. The Bertz CT molecular complexity index is 430. The Kier molecular flexibility index (Phi) is 4.62. The van der Waals surface area contributed by atoms with Gasteiger partial charge in [0.05, 0.1) is 18.7 Å². The van der Waals surface area contributed by atoms with Crippen LogP contribution in [0.25, 0.3) is 0 Å². The first-order valence-corrected chi connectivity index (χ1v) is 5.64. The number of halogens is 1. The van der Waals surface area contributed by atoms with Gasteiger partial charge in [0, 0.05) is 18.1 Å². The number of phenols is 1. The van der Waals surface area contributed by atoms with Gasteiger partial charge >= 0.3 is 5.97 Å². The minimum Gasteiger partial charge on any atom is -0.507 e. The molecule has 0 saturated carbocycles. The van der Waals surface area contributed by atoms with E-state index in [2.05, 4.69) is 15.9 Å². The molecule has 5 nitrogen and oxygen atoms in total. The van der Waals surface area contributed by atoms with Gasteiger partial charge in [0.15, 0.2) is 11.5 Å². The lowest BCUT2D eigenvalue weighted by atomic mass is 10.1. The number of methoxy groups -OCH3 is 2. The summed E-state index contributed by atoms with van der Waals surface area (Å²) < 4.78 is 10.7. The van der Waals surface area contributed by atoms with Crippen molar-refractivity contribution in [3.63, 3.8) is 0 Å². The fourth-order valence-corrected chi connectivity index (χ4v) is 2.20. The third-order valence-corrected chi connectivity index (χ3v) is 3.12. The van der Waals surface area contributed by atoms with Crippen LogP contribution in [0, 0.1) is 0 Å². The van der Waals surface area contributed by atoms with Crippen LogP contribution in [0.5, 0.6) is 17.2 Å². The van der Waals surface area contributed by atoms with Crippen LogP contribution in [0.3, 0.4) is 0 Å². The molecule has 17 heavy (non-hydrogen) atoms. The Morgan fingerprint density at radius 3 is 2.53 bits per heavy atom. The normalized spacial score (nSPS) is 10.1. The van der Waals surface area contributed by atoms with Crippen molar-refractivity contribution in [2.45, 2.75) is 12.8 Å². The number of benzene rings is 1. The van der Waals surface area contributed by atoms with E-state index >= 15 is 0 Å². The Morgan fingerprint density at radius 1 is 1.41 bits per heavy atom. The van der Waals surface area contributed by atoms with Crippen molar-refractivity contribution in [3.8, 4) is 17.2 Å². The van der Waals surface area contributed by atoms with E-state index in [0.717, 1.165) is 0 Å². The molecule has 0 heterocycles. The molecule has 6 heteroatoms. The zero-order chi connectivity index (χ0) is 13.0. The third-order valence-electron chi connectivity index (χ3n) is 2.28. The second kappa shape index (κ2) is 5.77. The first-order chi connectivity index (χ1) is 8.01. The summed E-state index contributed by atoms with van der Waals surface area (Å²) in [4.78, 5) is 10.5. The maximum absolute atomic E-state index is 10.5. The van der Waals surface area contributed by atoms with Crippen LogP contribution >= 0.6 is 15.9 Å². The number of rotatable bonds is 5. The highest BCUT2D eigenvalue weighted by Crippen LogP contribution is 2.42. The van der Waals surface area contributed by atoms with Gasteiger partial charge in [-0.3, -0.25) is 4.79 Å². The van der Waals surface area contributed by atoms with Gasteiger partial charge in [-0.1, -0.05) is 0 Å². The van der Waals surface area contributed by atoms with E-state index in [1.54, 1.807) is 0 Å². The highest BCUT2D eigenvalue weighted by Gasteiger charge is 2.18. The summed E-state index contributed by atoms with van der Waals surface area (Å²) in [5, 5.41) is 18.4. The number of carbonyl (C=O) groups is 1. The van der Waals surface area contributed by atoms with Crippen molar-refractivity contribution >= 4 is 21.9 Å². The van der Waals surface area contributed by atoms with Crippen LogP contribution in [0.15, 0.2) is 10.5 Å². The van der Waals surface area contributed by atoms with Gasteiger partial charge in [-0.15, -0.1) is 0 Å². The quantitative estimate of drug-likeness (QED) is 0.872. The van der Waals surface area contributed by atoms with Gasteiger partial charge in [-0.05, 0) is 22.4 Å². The van der Waals surface area contributed by atoms with Crippen molar-refractivity contribution in [2.75, 3.05) is 14.2 Å². The van der Waals surface area contributed by atoms with E-state index < -0.39 is 5.97 Å². The summed E-state index contributed by atoms with van der Waals surface area (Å²) in [7, 11) is 2.93. The van der Waals surface area contributed by atoms with Gasteiger partial charge in [0.25, 0.3) is 0 Å². The number of carboxylic acids is 1. The molecule has 2 N–H and O–H groups in total. The highest BCUT2D eigenvalue weighted by atomic mass is 79.9. The monoisotopic (exact) mass is 304 g/mol. The summed E-state index contributed by atoms with van der Waals surface area (Å²) in [6.45, 7) is 0. The number of hydrogen-bond acceptors (Lipinski definition) is 4. The molecule has 0 radical (unpaired) electrons. The van der Waals surface area contributed by atoms with Crippen LogP contribution in [0.4, 0.5) is 0 Å². The first kappa shape index (κ1) is 13.6. The van der Waals surface area contributed by atoms with Gasteiger partial charge in [-0.2, -0.15) is 0 Å². The smallest absolute Gasteiger partial charge is 0.303 e. The second-order valence-electron chi connectivity index (χ2n) is 3.32. The van der Waals surface area contributed by atoms with E-state index in [9.17, 15) is 9.90 Å². The molecule has 1 aromatic rings. The molecule has 94 valence electrons. The lowest BCUT2D eigenvalue weighted by molar-refractivity contribution is -0.136. The number of aliphatic carboxylic acids is 1. The zero-order valence-electron chi connectivity index (χ0n) is 9.49. The number of phenolic OH excluding ortho intramolecular Hbond substituents is 1. The van der Waals surface area contributed by atoms with E-state index in [0.29, 0.717) is 21.5 Å². The van der Waals surface area contributed by atoms with Gasteiger partial charge in [0.2, 0.25) is 0 Å². The van der Waals surface area contributed by atoms with Gasteiger partial charge < -0.3 is 19.7 Å². The highest BCUT2D eigenvalue weighted by molar-refractivity contribution is 9.10. The molecule has 0 atom stereocenters. The molecular formula is C11H13BrO5. The topological polar surface area (TPSA) is 76.0 Å². The van der Waals surface area contributed by atoms with E-state index in [4.69, 9.17) is 14.6 Å². The van der Waals surface area contributed by atoms with E-state index in [1.807, 2.05) is 0 Å². The molecule has 0 fully saturated rings. The maximum Gasteiger partial charge on any atom is 0.303 e. The van der Waals surface area contributed by atoms with Crippen molar-refractivity contribution in [1.82, 2.24) is 0 Å². The predicted molar refractivity (Wildman–Crippen MR) is 64.9 cm³/mol. The van der Waals surface area contributed by atoms with Crippen molar-refractivity contribution in [2.24, 2.45) is 0 Å². The van der Waals surface area contributed by atoms with Crippen molar-refractivity contribution < 1.29 is 24.5 Å². The summed E-state index contributed by atoms with van der Waals surface area (Å²) in [6.07, 6.45) is 0.143. The fourth-order valence-electron chi connectivity index (χ4n) is 1.45. The Labute approximate surface area is 107 Å². The summed E-state index contributed by atoms with van der Waals surface area (Å²) in [6, 6.07) is 1.40. The second-order valence-corrected chi connectivity index (χ2v) is 4.11. The third kappa shape index (κ3) is 3.03. The van der Waals surface area contributed by atoms with Crippen LogP contribution < -0.4 is 9.47 Å². The molecule has 0 unspecified atom stereocenters. The molecule has 0 aliphatic rings. The number of aromatic hydroxyl groups is 1. The average Bonchev–Trinajstić information content (AvgIpc) is 2.27. The molecule has 0 spiro atoms. The molecule has 0 saturated heterocycles. The van der Waals surface area contributed by atoms with Crippen LogP contribution in [0.2, 0.25) is 0 Å². The standard InChI is InChI=1S/C11H13BrO5/c1-16-8-5-7(13)6(3-4-9(14)15)10(12)11(8)17-2/h5,13H,3-4H2,1-2H3,(H,14,15). The van der Waals surface area contributed by atoms with E-state index in [-0.39, 0.29) is 18.6 Å². The number of hydrogen-bond donors (Lipinski definition) is 2. The summed E-state index contributed by atoms with van der Waals surface area (Å²) >= 11 is 3.28. The lowest BCUT2D eigenvalue weighted by Gasteiger charge is -2.14. The molecule has 1 aromatic carbocycles. The molecule has 0 aliphatic heterocycles. The van der Waals surface area contributed by atoms with Crippen LogP contribution in [-0.2, 0) is 11.2 Å². The molecular weight excluding hydrogens is 292 g/mol. The molecule has 0 aliphatic carbocycles. The lowest BCUT2D eigenvalue weighted by Crippen LogP contribution is -2.00. The van der Waals surface area contributed by atoms with Gasteiger partial charge in [0.1, 0.15) is 5.75 Å². The van der Waals surface area contributed by atoms with Crippen molar-refractivity contribution in [3.05, 3.63) is 16.1 Å². The number of ether oxygens (including phenoxy) is 2. The molecule has 1 rings (SSSR count). The van der Waals surface area contributed by atoms with Crippen molar-refractivity contribution in [1.29, 1.82) is 0 Å². The molecule has 0 amide bonds. The SMILES string of the molecule is COc1cc(O)c(CCC(=O)O)c(Br)c1OC. The Hall–Kier alpha value is -1.43. The maximum atomic E-state index is 10.5. The molecule has 0 bridgehead atoms. The minimum absolute atomic E-state index is 0.0178. The largest absolute Gasteiger partial charge is 0.507 e. The average molecular weight is 305 g/mol. The molecule has 0 aromatic heterocycles. The number of carboxylic acid groups (broad SMARTS) is 1. The predicted octanol–water partition coefficient (Wildman–Crippen LogP) is 2.19. The fraction of sp³-hybridized carbons (Fsp3) is 0.364. The van der Waals surface area contributed by atoms with Crippen LogP contribution in [0.1, 0.15) is 12.0 Å². The van der Waals surface area contributed by atoms with Crippen LogP contribution in [-0.4, -0.2) is 30.4 Å². The van der Waals surface area contributed by atoms with E-state index in [1.165, 1.54) is 20.3 Å². The summed E-state index contributed by atoms with van der Waals surface area (Å²) in [5.74, 6) is -0.122. The zero-order valence-corrected chi connectivity index (χ0v) is 11.1. The van der Waals surface area contributed by atoms with Gasteiger partial charge in [-0.25, -0.2) is 0 Å². The Balaban J connectivity index is 3.17.